The van der Waals surface area contributed by atoms with Gasteiger partial charge in [0.25, 0.3) is 0 Å². The van der Waals surface area contributed by atoms with E-state index in [0.29, 0.717) is 5.69 Å². The molecule has 1 aliphatic rings. The number of imidazole rings is 1. The van der Waals surface area contributed by atoms with Gasteiger partial charge in [-0.15, -0.1) is 0 Å². The molecule has 0 bridgehead atoms. The van der Waals surface area contributed by atoms with Gasteiger partial charge in [0, 0.05) is 6.04 Å². The van der Waals surface area contributed by atoms with Crippen LogP contribution >= 0.6 is 0 Å². The number of aryl methyl sites for hydroxylation is 1. The Morgan fingerprint density at radius 2 is 2.06 bits per heavy atom. The molecule has 1 fully saturated rings. The van der Waals surface area contributed by atoms with Gasteiger partial charge in [-0.05, 0) is 25.7 Å². The molecule has 0 spiro atoms. The highest BCUT2D eigenvalue weighted by Gasteiger charge is 2.22. The van der Waals surface area contributed by atoms with Gasteiger partial charge in [0.1, 0.15) is 0 Å². The van der Waals surface area contributed by atoms with Crippen LogP contribution in [0, 0.1) is 0 Å². The van der Waals surface area contributed by atoms with E-state index in [4.69, 9.17) is 0 Å². The van der Waals surface area contributed by atoms with E-state index in [1.54, 1.807) is 4.57 Å². The van der Waals surface area contributed by atoms with Crippen molar-refractivity contribution in [2.45, 2.75) is 64.3 Å². The molecule has 2 N–H and O–H groups in total. The molecule has 1 aromatic rings. The first-order chi connectivity index (χ1) is 8.24. The van der Waals surface area contributed by atoms with Crippen LogP contribution in [0.2, 0.25) is 0 Å². The van der Waals surface area contributed by atoms with E-state index in [0.717, 1.165) is 44.9 Å². The largest absolute Gasteiger partial charge is 0.493 e. The van der Waals surface area contributed by atoms with Crippen molar-refractivity contribution in [1.82, 2.24) is 9.55 Å². The summed E-state index contributed by atoms with van der Waals surface area (Å²) >= 11 is 0. The standard InChI is InChI=1S/C13H22N2O2/c1-2-3-9-11-12(16)15(13(17)14-11)10-7-5-4-6-8-10/h10,16H,2-9H2,1H3,(H,14,17). The van der Waals surface area contributed by atoms with E-state index < -0.39 is 0 Å². The Balaban J connectivity index is 2.21. The molecule has 4 nitrogen and oxygen atoms in total. The lowest BCUT2D eigenvalue weighted by molar-refractivity contribution is 0.306. The topological polar surface area (TPSA) is 58.0 Å². The number of H-pyrrole nitrogens is 1. The van der Waals surface area contributed by atoms with Crippen LogP contribution in [0.1, 0.15) is 63.6 Å². The molecule has 1 aliphatic carbocycles. The van der Waals surface area contributed by atoms with Crippen LogP contribution in [-0.4, -0.2) is 14.7 Å². The normalized spacial score (nSPS) is 17.5. The van der Waals surface area contributed by atoms with Crippen molar-refractivity contribution in [3.63, 3.8) is 0 Å². The minimum Gasteiger partial charge on any atom is -0.493 e. The van der Waals surface area contributed by atoms with Crippen molar-refractivity contribution in [2.75, 3.05) is 0 Å². The quantitative estimate of drug-likeness (QED) is 0.847. The summed E-state index contributed by atoms with van der Waals surface area (Å²) in [5, 5.41) is 10.1. The van der Waals surface area contributed by atoms with Crippen LogP contribution < -0.4 is 5.69 Å². The minimum atomic E-state index is -0.138. The summed E-state index contributed by atoms with van der Waals surface area (Å²) in [6.07, 6.45) is 8.42. The van der Waals surface area contributed by atoms with Gasteiger partial charge in [0.2, 0.25) is 5.88 Å². The van der Waals surface area contributed by atoms with Crippen molar-refractivity contribution in [3.8, 4) is 5.88 Å². The number of aromatic hydroxyl groups is 1. The molecular weight excluding hydrogens is 216 g/mol. The molecule has 0 unspecified atom stereocenters. The van der Waals surface area contributed by atoms with Gasteiger partial charge < -0.3 is 10.1 Å². The van der Waals surface area contributed by atoms with Gasteiger partial charge in [-0.1, -0.05) is 32.6 Å². The van der Waals surface area contributed by atoms with Gasteiger partial charge in [0.05, 0.1) is 5.69 Å². The SMILES string of the molecule is CCCCc1[nH]c(=O)n(C2CCCCC2)c1O. The van der Waals surface area contributed by atoms with Crippen LogP contribution in [0.3, 0.4) is 0 Å². The predicted molar refractivity (Wildman–Crippen MR) is 67.5 cm³/mol. The molecular formula is C13H22N2O2. The zero-order valence-electron chi connectivity index (χ0n) is 10.5. The highest BCUT2D eigenvalue weighted by atomic mass is 16.3. The summed E-state index contributed by atoms with van der Waals surface area (Å²) in [5.41, 5.74) is 0.572. The number of hydrogen-bond donors (Lipinski definition) is 2. The van der Waals surface area contributed by atoms with Gasteiger partial charge in [-0.2, -0.15) is 0 Å². The first kappa shape index (κ1) is 12.3. The maximum Gasteiger partial charge on any atom is 0.328 e. The fraction of sp³-hybridized carbons (Fsp3) is 0.769. The molecule has 1 heterocycles. The Morgan fingerprint density at radius 1 is 1.35 bits per heavy atom. The van der Waals surface area contributed by atoms with Crippen LogP contribution in [0.4, 0.5) is 0 Å². The Hall–Kier alpha value is -1.19. The average Bonchev–Trinajstić information content (AvgIpc) is 2.63. The Labute approximate surface area is 102 Å². The first-order valence-electron chi connectivity index (χ1n) is 6.76. The van der Waals surface area contributed by atoms with E-state index >= 15 is 0 Å². The maximum absolute atomic E-state index is 11.9. The number of aromatic nitrogens is 2. The molecule has 1 aromatic heterocycles. The van der Waals surface area contributed by atoms with Gasteiger partial charge >= 0.3 is 5.69 Å². The second kappa shape index (κ2) is 5.43. The van der Waals surface area contributed by atoms with Crippen LogP contribution in [0.5, 0.6) is 5.88 Å². The summed E-state index contributed by atoms with van der Waals surface area (Å²) < 4.78 is 1.57. The molecule has 0 aliphatic heterocycles. The van der Waals surface area contributed by atoms with Crippen LogP contribution in [0.15, 0.2) is 4.79 Å². The molecule has 0 radical (unpaired) electrons. The molecule has 0 aromatic carbocycles. The highest BCUT2D eigenvalue weighted by molar-refractivity contribution is 5.19. The molecule has 0 saturated heterocycles. The Bertz CT molecular complexity index is 414. The fourth-order valence-corrected chi connectivity index (χ4v) is 2.69. The van der Waals surface area contributed by atoms with Crippen molar-refractivity contribution in [2.24, 2.45) is 0 Å². The third-order valence-electron chi connectivity index (χ3n) is 3.69. The fourth-order valence-electron chi connectivity index (χ4n) is 2.69. The molecule has 1 saturated carbocycles. The third kappa shape index (κ3) is 2.56. The van der Waals surface area contributed by atoms with Gasteiger partial charge in [-0.3, -0.25) is 4.57 Å². The number of unbranched alkanes of at least 4 members (excludes halogenated alkanes) is 1. The first-order valence-corrected chi connectivity index (χ1v) is 6.76. The van der Waals surface area contributed by atoms with Crippen molar-refractivity contribution in [1.29, 1.82) is 0 Å². The Kier molecular flexibility index (Phi) is 3.92. The maximum atomic E-state index is 11.9. The van der Waals surface area contributed by atoms with Gasteiger partial charge in [-0.25, -0.2) is 4.79 Å². The summed E-state index contributed by atoms with van der Waals surface area (Å²) in [7, 11) is 0. The minimum absolute atomic E-state index is 0.138. The number of rotatable bonds is 4. The third-order valence-corrected chi connectivity index (χ3v) is 3.69. The summed E-state index contributed by atoms with van der Waals surface area (Å²) in [6, 6.07) is 0.197. The zero-order valence-corrected chi connectivity index (χ0v) is 10.5. The number of nitrogens with one attached hydrogen (secondary N) is 1. The van der Waals surface area contributed by atoms with Crippen molar-refractivity contribution in [3.05, 3.63) is 16.2 Å². The second-order valence-corrected chi connectivity index (χ2v) is 5.00. The molecule has 4 heteroatoms. The van der Waals surface area contributed by atoms with Gasteiger partial charge in [0.15, 0.2) is 0 Å². The molecule has 0 atom stereocenters. The van der Waals surface area contributed by atoms with Crippen molar-refractivity contribution >= 4 is 0 Å². The number of hydrogen-bond acceptors (Lipinski definition) is 2. The van der Waals surface area contributed by atoms with E-state index in [1.165, 1.54) is 6.42 Å². The monoisotopic (exact) mass is 238 g/mol. The molecule has 2 rings (SSSR count). The highest BCUT2D eigenvalue weighted by Crippen LogP contribution is 2.30. The lowest BCUT2D eigenvalue weighted by atomic mass is 9.95. The average molecular weight is 238 g/mol. The Morgan fingerprint density at radius 3 is 2.71 bits per heavy atom. The van der Waals surface area contributed by atoms with E-state index in [1.807, 2.05) is 0 Å². The molecule has 0 amide bonds. The number of nitrogens with zero attached hydrogens (tertiary/aromatic N) is 1. The number of aromatic amines is 1. The summed E-state index contributed by atoms with van der Waals surface area (Å²) in [6.45, 7) is 2.10. The van der Waals surface area contributed by atoms with Crippen molar-refractivity contribution < 1.29 is 5.11 Å². The zero-order chi connectivity index (χ0) is 12.3. The predicted octanol–water partition coefficient (Wildman–Crippen LogP) is 2.73. The van der Waals surface area contributed by atoms with E-state index in [-0.39, 0.29) is 17.6 Å². The smallest absolute Gasteiger partial charge is 0.328 e. The summed E-state index contributed by atoms with van der Waals surface area (Å²) in [4.78, 5) is 14.7. The lowest BCUT2D eigenvalue weighted by Crippen LogP contribution is -2.23. The molecule has 96 valence electrons. The summed E-state index contributed by atoms with van der Waals surface area (Å²) in [5.74, 6) is 0.176. The van der Waals surface area contributed by atoms with E-state index in [9.17, 15) is 9.90 Å². The van der Waals surface area contributed by atoms with Crippen LogP contribution in [-0.2, 0) is 6.42 Å². The lowest BCUT2D eigenvalue weighted by Gasteiger charge is -2.22. The molecule has 17 heavy (non-hydrogen) atoms. The van der Waals surface area contributed by atoms with Crippen LogP contribution in [0.25, 0.3) is 0 Å². The second-order valence-electron chi connectivity index (χ2n) is 5.00. The van der Waals surface area contributed by atoms with E-state index in [2.05, 4.69) is 11.9 Å².